The van der Waals surface area contributed by atoms with Gasteiger partial charge in [0.25, 0.3) is 0 Å². The third-order valence-electron chi connectivity index (χ3n) is 7.38. The highest BCUT2D eigenvalue weighted by Crippen LogP contribution is 2.37. The van der Waals surface area contributed by atoms with Crippen molar-refractivity contribution in [2.24, 2.45) is 0 Å². The van der Waals surface area contributed by atoms with Gasteiger partial charge in [-0.1, -0.05) is 152 Å². The van der Waals surface area contributed by atoms with Gasteiger partial charge in [-0.2, -0.15) is 0 Å². The Morgan fingerprint density at radius 2 is 0.711 bits per heavy atom. The molecule has 0 aliphatic rings. The van der Waals surface area contributed by atoms with Crippen LogP contribution in [0.25, 0.3) is 33.4 Å². The van der Waals surface area contributed by atoms with Crippen LogP contribution in [0, 0.1) is 6.92 Å². The Labute approximate surface area is 225 Å². The highest BCUT2D eigenvalue weighted by atomic mass is 14.2. The lowest BCUT2D eigenvalue weighted by Gasteiger charge is -2.21. The van der Waals surface area contributed by atoms with Gasteiger partial charge in [0.2, 0.25) is 0 Å². The molecule has 0 aliphatic heterocycles. The van der Waals surface area contributed by atoms with E-state index in [-0.39, 0.29) is 5.92 Å². The van der Waals surface area contributed by atoms with Gasteiger partial charge in [0, 0.05) is 5.92 Å². The van der Waals surface area contributed by atoms with Crippen LogP contribution in [0.3, 0.4) is 0 Å². The van der Waals surface area contributed by atoms with Crippen molar-refractivity contribution in [3.05, 3.63) is 180 Å². The van der Waals surface area contributed by atoms with Crippen LogP contribution in [0.4, 0.5) is 0 Å². The summed E-state index contributed by atoms with van der Waals surface area (Å²) in [6.07, 6.45) is 0. The van der Waals surface area contributed by atoms with E-state index < -0.39 is 0 Å². The van der Waals surface area contributed by atoms with E-state index in [1.54, 1.807) is 0 Å². The molecule has 0 saturated heterocycles. The molecule has 0 nitrogen and oxygen atoms in total. The number of aryl methyl sites for hydroxylation is 1. The molecule has 6 rings (SSSR count). The van der Waals surface area contributed by atoms with Crippen LogP contribution in [-0.4, -0.2) is 0 Å². The molecule has 0 saturated carbocycles. The zero-order valence-corrected chi connectivity index (χ0v) is 21.6. The molecule has 0 amide bonds. The second kappa shape index (κ2) is 10.7. The number of hydrogen-bond donors (Lipinski definition) is 0. The van der Waals surface area contributed by atoms with Crippen LogP contribution < -0.4 is 0 Å². The molecule has 0 atom stereocenters. The molecule has 0 unspecified atom stereocenters. The van der Waals surface area contributed by atoms with Gasteiger partial charge in [-0.05, 0) is 68.6 Å². The summed E-state index contributed by atoms with van der Waals surface area (Å²) in [5.74, 6) is 0.132. The summed E-state index contributed by atoms with van der Waals surface area (Å²) in [4.78, 5) is 0. The normalized spacial score (nSPS) is 11.0. The lowest BCUT2D eigenvalue weighted by Crippen LogP contribution is -2.04. The van der Waals surface area contributed by atoms with Gasteiger partial charge < -0.3 is 0 Å². The van der Waals surface area contributed by atoms with Gasteiger partial charge in [0.05, 0.1) is 0 Å². The van der Waals surface area contributed by atoms with Crippen molar-refractivity contribution in [3.63, 3.8) is 0 Å². The average Bonchev–Trinajstić information content (AvgIpc) is 3.00. The summed E-state index contributed by atoms with van der Waals surface area (Å²) >= 11 is 0. The first-order chi connectivity index (χ1) is 18.8. The minimum absolute atomic E-state index is 0.132. The molecule has 0 heteroatoms. The van der Waals surface area contributed by atoms with E-state index in [0.29, 0.717) is 0 Å². The maximum atomic E-state index is 2.38. The van der Waals surface area contributed by atoms with Gasteiger partial charge in [-0.25, -0.2) is 0 Å². The zero-order valence-electron chi connectivity index (χ0n) is 21.6. The second-order valence-corrected chi connectivity index (χ2v) is 9.85. The predicted octanol–water partition coefficient (Wildman–Crippen LogP) is 10.2. The van der Waals surface area contributed by atoms with Crippen molar-refractivity contribution >= 4 is 0 Å². The van der Waals surface area contributed by atoms with Gasteiger partial charge >= 0.3 is 0 Å². The van der Waals surface area contributed by atoms with Gasteiger partial charge in [0.1, 0.15) is 0 Å². The van der Waals surface area contributed by atoms with Gasteiger partial charge in [0.15, 0.2) is 0 Å². The third-order valence-corrected chi connectivity index (χ3v) is 7.38. The van der Waals surface area contributed by atoms with E-state index in [1.807, 2.05) is 0 Å². The summed E-state index contributed by atoms with van der Waals surface area (Å²) in [6, 6.07) is 57.0. The lowest BCUT2D eigenvalue weighted by molar-refractivity contribution is 0.977. The summed E-state index contributed by atoms with van der Waals surface area (Å²) in [7, 11) is 0. The fourth-order valence-corrected chi connectivity index (χ4v) is 5.32. The van der Waals surface area contributed by atoms with Crippen molar-refractivity contribution in [1.82, 2.24) is 0 Å². The first-order valence-electron chi connectivity index (χ1n) is 13.2. The van der Waals surface area contributed by atoms with E-state index in [1.165, 1.54) is 55.6 Å². The quantitative estimate of drug-likeness (QED) is 0.205. The molecule has 0 aliphatic carbocycles. The molecule has 6 aromatic carbocycles. The Balaban J connectivity index is 1.44. The zero-order chi connectivity index (χ0) is 25.7. The van der Waals surface area contributed by atoms with E-state index in [4.69, 9.17) is 0 Å². The Morgan fingerprint density at radius 3 is 1.16 bits per heavy atom. The van der Waals surface area contributed by atoms with E-state index >= 15 is 0 Å². The Bertz CT molecular complexity index is 1530. The Hall–Kier alpha value is -4.68. The molecule has 0 spiro atoms. The highest BCUT2D eigenvalue weighted by molar-refractivity contribution is 5.70. The van der Waals surface area contributed by atoms with Crippen molar-refractivity contribution in [3.8, 4) is 33.4 Å². The topological polar surface area (TPSA) is 0 Å². The summed E-state index contributed by atoms with van der Waals surface area (Å²) in [5, 5.41) is 0. The molecular formula is C38H30. The van der Waals surface area contributed by atoms with Crippen LogP contribution in [0.1, 0.15) is 28.2 Å². The minimum Gasteiger partial charge on any atom is -0.0622 e. The molecule has 0 radical (unpaired) electrons. The number of hydrogen-bond acceptors (Lipinski definition) is 0. The van der Waals surface area contributed by atoms with Gasteiger partial charge in [-0.15, -0.1) is 0 Å². The second-order valence-electron chi connectivity index (χ2n) is 9.85. The van der Waals surface area contributed by atoms with Crippen LogP contribution in [0.2, 0.25) is 0 Å². The summed E-state index contributed by atoms with van der Waals surface area (Å²) in [6.45, 7) is 2.20. The van der Waals surface area contributed by atoms with Crippen molar-refractivity contribution in [2.45, 2.75) is 12.8 Å². The summed E-state index contributed by atoms with van der Waals surface area (Å²) < 4.78 is 0. The number of benzene rings is 6. The molecule has 182 valence electrons. The predicted molar refractivity (Wildman–Crippen MR) is 161 cm³/mol. The van der Waals surface area contributed by atoms with E-state index in [9.17, 15) is 0 Å². The fourth-order valence-electron chi connectivity index (χ4n) is 5.32. The minimum atomic E-state index is 0.132. The van der Waals surface area contributed by atoms with Crippen molar-refractivity contribution in [2.75, 3.05) is 0 Å². The number of rotatable bonds is 6. The van der Waals surface area contributed by atoms with Crippen LogP contribution in [-0.2, 0) is 0 Å². The van der Waals surface area contributed by atoms with Gasteiger partial charge in [-0.3, -0.25) is 0 Å². The van der Waals surface area contributed by atoms with Crippen molar-refractivity contribution < 1.29 is 0 Å². The van der Waals surface area contributed by atoms with Crippen LogP contribution in [0.5, 0.6) is 0 Å². The first kappa shape index (κ1) is 23.7. The molecule has 0 heterocycles. The SMILES string of the molecule is Cc1ccc(C(c2ccc(-c3ccccc3)cc2)c2ccc(-c3ccccc3)cc2)cc1-c1ccccc1. The monoisotopic (exact) mass is 486 g/mol. The fraction of sp³-hybridized carbons (Fsp3) is 0.0526. The highest BCUT2D eigenvalue weighted by Gasteiger charge is 2.19. The Kier molecular flexibility index (Phi) is 6.70. The smallest absolute Gasteiger partial charge is 0.0340 e. The van der Waals surface area contributed by atoms with Crippen LogP contribution in [0.15, 0.2) is 158 Å². The first-order valence-corrected chi connectivity index (χ1v) is 13.2. The molecular weight excluding hydrogens is 456 g/mol. The Morgan fingerprint density at radius 1 is 0.342 bits per heavy atom. The molecule has 0 aromatic heterocycles. The third kappa shape index (κ3) is 4.94. The maximum absolute atomic E-state index is 2.38. The lowest BCUT2D eigenvalue weighted by atomic mass is 9.82. The summed E-state index contributed by atoms with van der Waals surface area (Å²) in [5.41, 5.74) is 12.7. The molecule has 0 N–H and O–H groups in total. The molecule has 6 aromatic rings. The molecule has 0 bridgehead atoms. The average molecular weight is 487 g/mol. The van der Waals surface area contributed by atoms with E-state index in [0.717, 1.165) is 0 Å². The molecule has 0 fully saturated rings. The van der Waals surface area contributed by atoms with E-state index in [2.05, 4.69) is 165 Å². The van der Waals surface area contributed by atoms with Crippen LogP contribution >= 0.6 is 0 Å². The maximum Gasteiger partial charge on any atom is 0.0340 e. The standard InChI is InChI=1S/C38H30/c1-28-17-18-36(27-37(28)33-15-9-4-10-16-33)38(34-23-19-31(20-24-34)29-11-5-2-6-12-29)35-25-21-32(22-26-35)30-13-7-3-8-14-30/h2-27,38H,1H3. The molecule has 38 heavy (non-hydrogen) atoms. The largest absolute Gasteiger partial charge is 0.0622 e. The van der Waals surface area contributed by atoms with Crippen molar-refractivity contribution in [1.29, 1.82) is 0 Å².